The van der Waals surface area contributed by atoms with Gasteiger partial charge in [-0.05, 0) is 18.6 Å². The lowest BCUT2D eigenvalue weighted by atomic mass is 10.2. The van der Waals surface area contributed by atoms with Crippen molar-refractivity contribution in [1.29, 1.82) is 5.26 Å². The summed E-state index contributed by atoms with van der Waals surface area (Å²) < 4.78 is 26.6. The van der Waals surface area contributed by atoms with Gasteiger partial charge in [-0.25, -0.2) is 13.4 Å². The van der Waals surface area contributed by atoms with Crippen molar-refractivity contribution in [3.8, 4) is 6.07 Å². The number of nitrogens with zero attached hydrogens (tertiary/aromatic N) is 3. The second kappa shape index (κ2) is 5.65. The van der Waals surface area contributed by atoms with Crippen molar-refractivity contribution in [1.82, 2.24) is 14.6 Å². The minimum Gasteiger partial charge on any atom is -0.313 e. The molecule has 7 heteroatoms. The molecule has 1 fully saturated rings. The third-order valence-corrected chi connectivity index (χ3v) is 5.00. The molecular formula is C12H16N4O2S. The normalized spacial score (nSPS) is 16.1. The molecule has 1 aromatic rings. The maximum Gasteiger partial charge on any atom is 0.244 e. The van der Waals surface area contributed by atoms with Crippen molar-refractivity contribution in [3.63, 3.8) is 0 Å². The number of rotatable bonds is 5. The van der Waals surface area contributed by atoms with Gasteiger partial charge < -0.3 is 5.32 Å². The van der Waals surface area contributed by atoms with Gasteiger partial charge in [-0.15, -0.1) is 0 Å². The Morgan fingerprint density at radius 2 is 2.26 bits per heavy atom. The van der Waals surface area contributed by atoms with Crippen LogP contribution >= 0.6 is 0 Å². The fraction of sp³-hybridized carbons (Fsp3) is 0.500. The lowest BCUT2D eigenvalue weighted by Gasteiger charge is -2.37. The number of nitriles is 1. The summed E-state index contributed by atoms with van der Waals surface area (Å²) in [4.78, 5) is 3.97. The summed E-state index contributed by atoms with van der Waals surface area (Å²) in [5, 5.41) is 11.8. The average Bonchev–Trinajstić information content (AvgIpc) is 2.36. The van der Waals surface area contributed by atoms with E-state index < -0.39 is 10.0 Å². The summed E-state index contributed by atoms with van der Waals surface area (Å²) >= 11 is 0. The number of hydrogen-bond acceptors (Lipinski definition) is 5. The van der Waals surface area contributed by atoms with Gasteiger partial charge in [-0.2, -0.15) is 9.57 Å². The van der Waals surface area contributed by atoms with Gasteiger partial charge in [0.1, 0.15) is 16.7 Å². The Bertz CT molecular complexity index is 573. The van der Waals surface area contributed by atoms with Gasteiger partial charge in [0.2, 0.25) is 10.0 Å². The average molecular weight is 280 g/mol. The molecule has 6 nitrogen and oxygen atoms in total. The molecular weight excluding hydrogens is 264 g/mol. The van der Waals surface area contributed by atoms with Crippen LogP contribution in [0.5, 0.6) is 0 Å². The van der Waals surface area contributed by atoms with E-state index in [1.807, 2.05) is 13.0 Å². The van der Waals surface area contributed by atoms with Crippen LogP contribution < -0.4 is 5.32 Å². The second-order valence-corrected chi connectivity index (χ2v) is 6.31. The molecule has 0 atom stereocenters. The largest absolute Gasteiger partial charge is 0.313 e. The molecule has 0 aliphatic carbocycles. The smallest absolute Gasteiger partial charge is 0.244 e. The molecule has 1 saturated heterocycles. The molecule has 1 aromatic heterocycles. The van der Waals surface area contributed by atoms with E-state index in [0.29, 0.717) is 19.6 Å². The Hall–Kier alpha value is -1.49. The van der Waals surface area contributed by atoms with Crippen LogP contribution in [0.4, 0.5) is 0 Å². The van der Waals surface area contributed by atoms with Crippen molar-refractivity contribution in [3.05, 3.63) is 24.0 Å². The van der Waals surface area contributed by atoms with E-state index in [1.165, 1.54) is 22.6 Å². The first-order valence-electron chi connectivity index (χ1n) is 6.18. The molecule has 0 amide bonds. The summed E-state index contributed by atoms with van der Waals surface area (Å²) in [6, 6.07) is 4.76. The van der Waals surface area contributed by atoms with Crippen LogP contribution in [-0.4, -0.2) is 43.4 Å². The highest BCUT2D eigenvalue weighted by molar-refractivity contribution is 7.89. The molecule has 0 aromatic carbocycles. The zero-order valence-corrected chi connectivity index (χ0v) is 11.5. The molecule has 0 unspecified atom stereocenters. The summed E-state index contributed by atoms with van der Waals surface area (Å²) in [7, 11) is -3.53. The highest BCUT2D eigenvalue weighted by atomic mass is 32.2. The quantitative estimate of drug-likeness (QED) is 0.839. The fourth-order valence-electron chi connectivity index (χ4n) is 1.93. The topological polar surface area (TPSA) is 86.1 Å². The highest BCUT2D eigenvalue weighted by Gasteiger charge is 2.34. The molecule has 102 valence electrons. The predicted molar refractivity (Wildman–Crippen MR) is 69.8 cm³/mol. The molecule has 0 bridgehead atoms. The number of aromatic nitrogens is 1. The van der Waals surface area contributed by atoms with Crippen LogP contribution in [0.1, 0.15) is 19.0 Å². The molecule has 0 spiro atoms. The van der Waals surface area contributed by atoms with Crippen molar-refractivity contribution < 1.29 is 8.42 Å². The van der Waals surface area contributed by atoms with E-state index in [4.69, 9.17) is 5.26 Å². The first-order chi connectivity index (χ1) is 9.09. The molecule has 0 radical (unpaired) electrons. The summed E-state index contributed by atoms with van der Waals surface area (Å²) in [5.74, 6) is 0. The molecule has 1 N–H and O–H groups in total. The first-order valence-corrected chi connectivity index (χ1v) is 7.62. The Kier molecular flexibility index (Phi) is 4.14. The van der Waals surface area contributed by atoms with Gasteiger partial charge >= 0.3 is 0 Å². The number of nitrogens with one attached hydrogen (secondary N) is 1. The standard InChI is InChI=1S/C12H16N4O2S/c1-2-5-16(11-7-14-8-11)19(17,18)12-4-3-10(6-13)15-9-12/h3-4,9,11,14H,2,5,7-8H2,1H3. The highest BCUT2D eigenvalue weighted by Crippen LogP contribution is 2.20. The van der Waals surface area contributed by atoms with Gasteiger partial charge in [-0.1, -0.05) is 6.92 Å². The molecule has 0 saturated carbocycles. The minimum atomic E-state index is -3.53. The Labute approximate surface area is 113 Å². The SMILES string of the molecule is CCCN(C1CNC1)S(=O)(=O)c1ccc(C#N)nc1. The molecule has 1 aliphatic rings. The predicted octanol–water partition coefficient (Wildman–Crippen LogP) is 0.326. The Balaban J connectivity index is 2.30. The van der Waals surface area contributed by atoms with Crippen LogP contribution in [0.2, 0.25) is 0 Å². The molecule has 19 heavy (non-hydrogen) atoms. The van der Waals surface area contributed by atoms with E-state index in [-0.39, 0.29) is 16.6 Å². The first kappa shape index (κ1) is 13.9. The zero-order valence-electron chi connectivity index (χ0n) is 10.7. The summed E-state index contributed by atoms with van der Waals surface area (Å²) in [6.45, 7) is 3.81. The Morgan fingerprint density at radius 3 is 2.68 bits per heavy atom. The van der Waals surface area contributed by atoms with Crippen LogP contribution in [0, 0.1) is 11.3 Å². The maximum absolute atomic E-state index is 12.5. The maximum atomic E-state index is 12.5. The Morgan fingerprint density at radius 1 is 1.53 bits per heavy atom. The van der Waals surface area contributed by atoms with Crippen molar-refractivity contribution >= 4 is 10.0 Å². The van der Waals surface area contributed by atoms with Crippen molar-refractivity contribution in [2.45, 2.75) is 24.3 Å². The van der Waals surface area contributed by atoms with Gasteiger partial charge in [-0.3, -0.25) is 0 Å². The lowest BCUT2D eigenvalue weighted by Crippen LogP contribution is -2.58. The van der Waals surface area contributed by atoms with E-state index >= 15 is 0 Å². The van der Waals surface area contributed by atoms with Gasteiger partial charge in [0.25, 0.3) is 0 Å². The van der Waals surface area contributed by atoms with Crippen molar-refractivity contribution in [2.24, 2.45) is 0 Å². The minimum absolute atomic E-state index is 0.0144. The number of hydrogen-bond donors (Lipinski definition) is 1. The fourth-order valence-corrected chi connectivity index (χ4v) is 3.59. The van der Waals surface area contributed by atoms with Gasteiger partial charge in [0.15, 0.2) is 0 Å². The number of sulfonamides is 1. The van der Waals surface area contributed by atoms with Crippen LogP contribution in [0.15, 0.2) is 23.2 Å². The summed E-state index contributed by atoms with van der Waals surface area (Å²) in [6.07, 6.45) is 2.02. The third kappa shape index (κ3) is 2.76. The number of pyridine rings is 1. The van der Waals surface area contributed by atoms with Crippen LogP contribution in [0.3, 0.4) is 0 Å². The van der Waals surface area contributed by atoms with Gasteiger partial charge in [0.05, 0.1) is 6.04 Å². The molecule has 1 aliphatic heterocycles. The summed E-state index contributed by atoms with van der Waals surface area (Å²) in [5.41, 5.74) is 0.214. The van der Waals surface area contributed by atoms with E-state index in [2.05, 4.69) is 10.3 Å². The molecule has 2 rings (SSSR count). The molecule has 2 heterocycles. The second-order valence-electron chi connectivity index (χ2n) is 4.42. The van der Waals surface area contributed by atoms with Crippen LogP contribution in [0.25, 0.3) is 0 Å². The van der Waals surface area contributed by atoms with Crippen molar-refractivity contribution in [2.75, 3.05) is 19.6 Å². The lowest BCUT2D eigenvalue weighted by molar-refractivity contribution is 0.242. The van der Waals surface area contributed by atoms with Gasteiger partial charge in [0, 0.05) is 25.8 Å². The zero-order chi connectivity index (χ0) is 13.9. The van der Waals surface area contributed by atoms with E-state index in [0.717, 1.165) is 6.42 Å². The van der Waals surface area contributed by atoms with E-state index in [1.54, 1.807) is 0 Å². The third-order valence-electron chi connectivity index (χ3n) is 3.07. The monoisotopic (exact) mass is 280 g/mol. The van der Waals surface area contributed by atoms with Crippen LogP contribution in [-0.2, 0) is 10.0 Å². The van der Waals surface area contributed by atoms with E-state index in [9.17, 15) is 8.42 Å².